The minimum atomic E-state index is -4.41. The number of pyridine rings is 1. The monoisotopic (exact) mass is 338 g/mol. The van der Waals surface area contributed by atoms with Gasteiger partial charge in [-0.05, 0) is 34.5 Å². The molecule has 1 heterocycles. The summed E-state index contributed by atoms with van der Waals surface area (Å²) in [4.78, 5) is 16.7. The zero-order valence-electron chi connectivity index (χ0n) is 10.4. The summed E-state index contributed by atoms with van der Waals surface area (Å²) in [5.74, 6) is -0.710. The Balaban J connectivity index is 2.91. The van der Waals surface area contributed by atoms with Crippen LogP contribution >= 0.6 is 15.9 Å². The van der Waals surface area contributed by atoms with Gasteiger partial charge in [0.15, 0.2) is 0 Å². The van der Waals surface area contributed by atoms with Crippen molar-refractivity contribution < 1.29 is 18.0 Å². The number of alkyl halides is 3. The molecule has 7 heteroatoms. The van der Waals surface area contributed by atoms with Crippen molar-refractivity contribution in [3.8, 4) is 0 Å². The van der Waals surface area contributed by atoms with E-state index < -0.39 is 18.6 Å². The van der Waals surface area contributed by atoms with Crippen LogP contribution < -0.4 is 0 Å². The van der Waals surface area contributed by atoms with Crippen LogP contribution in [0.15, 0.2) is 22.8 Å². The van der Waals surface area contributed by atoms with Crippen LogP contribution in [0.2, 0.25) is 0 Å². The first-order valence-corrected chi connectivity index (χ1v) is 6.61. The summed E-state index contributed by atoms with van der Waals surface area (Å²) in [5.41, 5.74) is 0.00264. The smallest absolute Gasteiger partial charge is 0.328 e. The highest BCUT2D eigenvalue weighted by molar-refractivity contribution is 9.10. The van der Waals surface area contributed by atoms with Crippen molar-refractivity contribution in [2.24, 2.45) is 0 Å². The lowest BCUT2D eigenvalue weighted by Gasteiger charge is -2.23. The van der Waals surface area contributed by atoms with Crippen molar-refractivity contribution in [1.82, 2.24) is 9.88 Å². The predicted octanol–water partition coefficient (Wildman–Crippen LogP) is 3.65. The molecule has 0 bridgehead atoms. The molecule has 0 radical (unpaired) electrons. The summed E-state index contributed by atoms with van der Waals surface area (Å²) in [6.45, 7) is 0.666. The van der Waals surface area contributed by atoms with Gasteiger partial charge in [0.25, 0.3) is 5.91 Å². The van der Waals surface area contributed by atoms with E-state index >= 15 is 0 Å². The quantitative estimate of drug-likeness (QED) is 0.821. The Morgan fingerprint density at radius 1 is 1.47 bits per heavy atom. The van der Waals surface area contributed by atoms with Gasteiger partial charge in [-0.2, -0.15) is 13.2 Å². The van der Waals surface area contributed by atoms with Gasteiger partial charge in [0.05, 0.1) is 0 Å². The largest absolute Gasteiger partial charge is 0.406 e. The maximum atomic E-state index is 12.5. The van der Waals surface area contributed by atoms with Crippen LogP contribution in [0.1, 0.15) is 30.3 Å². The van der Waals surface area contributed by atoms with Gasteiger partial charge in [-0.3, -0.25) is 4.79 Å². The molecule has 0 aromatic carbocycles. The van der Waals surface area contributed by atoms with E-state index in [0.29, 0.717) is 17.3 Å². The molecule has 0 aliphatic rings. The van der Waals surface area contributed by atoms with E-state index in [1.165, 1.54) is 6.20 Å². The van der Waals surface area contributed by atoms with Gasteiger partial charge in [0, 0.05) is 17.2 Å². The number of aromatic nitrogens is 1. The maximum absolute atomic E-state index is 12.5. The highest BCUT2D eigenvalue weighted by Gasteiger charge is 2.33. The van der Waals surface area contributed by atoms with Gasteiger partial charge >= 0.3 is 6.18 Å². The zero-order valence-corrected chi connectivity index (χ0v) is 12.0. The molecule has 0 spiro atoms. The summed E-state index contributed by atoms with van der Waals surface area (Å²) >= 11 is 3.12. The first-order chi connectivity index (χ1) is 8.85. The standard InChI is InChI=1S/C12H14BrF3N2O/c1-2-3-7-18(8-12(14,15)16)11(19)10-9(13)5-4-6-17-10/h4-6H,2-3,7-8H2,1H3. The molecule has 106 valence electrons. The van der Waals surface area contributed by atoms with Gasteiger partial charge in [0.1, 0.15) is 12.2 Å². The van der Waals surface area contributed by atoms with Gasteiger partial charge in [-0.1, -0.05) is 13.3 Å². The predicted molar refractivity (Wildman–Crippen MR) is 68.8 cm³/mol. The third kappa shape index (κ3) is 5.18. The van der Waals surface area contributed by atoms with Gasteiger partial charge in [-0.15, -0.1) is 0 Å². The molecule has 3 nitrogen and oxygen atoms in total. The fraction of sp³-hybridized carbons (Fsp3) is 0.500. The van der Waals surface area contributed by atoms with Crippen molar-refractivity contribution in [2.75, 3.05) is 13.1 Å². The lowest BCUT2D eigenvalue weighted by Crippen LogP contribution is -2.40. The Bertz CT molecular complexity index is 437. The lowest BCUT2D eigenvalue weighted by atomic mass is 10.2. The third-order valence-electron chi connectivity index (χ3n) is 2.40. The average Bonchev–Trinajstić information content (AvgIpc) is 2.33. The van der Waals surface area contributed by atoms with Crippen LogP contribution in [0.25, 0.3) is 0 Å². The molecule has 19 heavy (non-hydrogen) atoms. The molecule has 0 fully saturated rings. The first kappa shape index (κ1) is 15.9. The summed E-state index contributed by atoms with van der Waals surface area (Å²) in [6.07, 6.45) is -1.80. The van der Waals surface area contributed by atoms with Crippen LogP contribution in [0.4, 0.5) is 13.2 Å². The maximum Gasteiger partial charge on any atom is 0.406 e. The molecule has 0 atom stereocenters. The van der Waals surface area contributed by atoms with E-state index in [-0.39, 0.29) is 12.2 Å². The summed E-state index contributed by atoms with van der Waals surface area (Å²) in [6, 6.07) is 3.17. The molecule has 1 aromatic rings. The van der Waals surface area contributed by atoms with E-state index in [0.717, 1.165) is 4.90 Å². The number of unbranched alkanes of at least 4 members (excludes halogenated alkanes) is 1. The number of hydrogen-bond acceptors (Lipinski definition) is 2. The SMILES string of the molecule is CCCCN(CC(F)(F)F)C(=O)c1ncccc1Br. The molecule has 0 aliphatic carbocycles. The molecule has 0 saturated heterocycles. The van der Waals surface area contributed by atoms with Crippen LogP contribution in [-0.4, -0.2) is 35.1 Å². The second-order valence-electron chi connectivity index (χ2n) is 4.03. The number of rotatable bonds is 5. The summed E-state index contributed by atoms with van der Waals surface area (Å²) in [5, 5.41) is 0. The highest BCUT2D eigenvalue weighted by atomic mass is 79.9. The van der Waals surface area contributed by atoms with E-state index in [4.69, 9.17) is 0 Å². The van der Waals surface area contributed by atoms with E-state index in [9.17, 15) is 18.0 Å². The van der Waals surface area contributed by atoms with Crippen molar-refractivity contribution in [1.29, 1.82) is 0 Å². The van der Waals surface area contributed by atoms with Gasteiger partial charge < -0.3 is 4.90 Å². The number of hydrogen-bond donors (Lipinski definition) is 0. The first-order valence-electron chi connectivity index (χ1n) is 5.81. The lowest BCUT2D eigenvalue weighted by molar-refractivity contribution is -0.140. The molecule has 0 N–H and O–H groups in total. The van der Waals surface area contributed by atoms with Gasteiger partial charge in [0.2, 0.25) is 0 Å². The fourth-order valence-electron chi connectivity index (χ4n) is 1.51. The fourth-order valence-corrected chi connectivity index (χ4v) is 1.94. The van der Waals surface area contributed by atoms with Crippen molar-refractivity contribution in [3.63, 3.8) is 0 Å². The van der Waals surface area contributed by atoms with Crippen LogP contribution in [0, 0.1) is 0 Å². The molecular formula is C12H14BrF3N2O. The van der Waals surface area contributed by atoms with E-state index in [1.54, 1.807) is 12.1 Å². The summed E-state index contributed by atoms with van der Waals surface area (Å²) < 4.78 is 37.8. The topological polar surface area (TPSA) is 33.2 Å². The van der Waals surface area contributed by atoms with Crippen molar-refractivity contribution in [3.05, 3.63) is 28.5 Å². The number of nitrogens with zero attached hydrogens (tertiary/aromatic N) is 2. The Morgan fingerprint density at radius 3 is 2.68 bits per heavy atom. The summed E-state index contributed by atoms with van der Waals surface area (Å²) in [7, 11) is 0. The second-order valence-corrected chi connectivity index (χ2v) is 4.88. The molecule has 0 saturated carbocycles. The van der Waals surface area contributed by atoms with E-state index in [1.807, 2.05) is 6.92 Å². The molecule has 1 aromatic heterocycles. The molecule has 1 rings (SSSR count). The van der Waals surface area contributed by atoms with Crippen LogP contribution in [-0.2, 0) is 0 Å². The Kier molecular flexibility index (Phi) is 5.78. The number of carbonyl (C=O) groups is 1. The Labute approximate surface area is 117 Å². The zero-order chi connectivity index (χ0) is 14.5. The van der Waals surface area contributed by atoms with Crippen molar-refractivity contribution >= 4 is 21.8 Å². The second kappa shape index (κ2) is 6.88. The van der Waals surface area contributed by atoms with Crippen LogP contribution in [0.5, 0.6) is 0 Å². The van der Waals surface area contributed by atoms with E-state index in [2.05, 4.69) is 20.9 Å². The highest BCUT2D eigenvalue weighted by Crippen LogP contribution is 2.21. The Hall–Kier alpha value is -1.11. The number of amides is 1. The average molecular weight is 339 g/mol. The minimum Gasteiger partial charge on any atom is -0.328 e. The third-order valence-corrected chi connectivity index (χ3v) is 3.04. The normalized spacial score (nSPS) is 11.4. The molecule has 0 aliphatic heterocycles. The van der Waals surface area contributed by atoms with Crippen LogP contribution in [0.3, 0.4) is 0 Å². The number of halogens is 4. The molecule has 1 amide bonds. The Morgan fingerprint density at radius 2 is 2.16 bits per heavy atom. The van der Waals surface area contributed by atoms with Gasteiger partial charge in [-0.25, -0.2) is 4.98 Å². The minimum absolute atomic E-state index is 0.00264. The molecular weight excluding hydrogens is 325 g/mol. The van der Waals surface area contributed by atoms with Crippen molar-refractivity contribution in [2.45, 2.75) is 25.9 Å². The number of carbonyl (C=O) groups excluding carboxylic acids is 1. The molecule has 0 unspecified atom stereocenters.